The molecule has 0 saturated heterocycles. The zero-order chi connectivity index (χ0) is 13.8. The molecule has 1 saturated carbocycles. The minimum Gasteiger partial charge on any atom is -0.490 e. The van der Waals surface area contributed by atoms with Gasteiger partial charge in [0.2, 0.25) is 0 Å². The molecule has 0 aliphatic heterocycles. The molecule has 3 rings (SSSR count). The van der Waals surface area contributed by atoms with Crippen LogP contribution in [-0.2, 0) is 0 Å². The highest BCUT2D eigenvalue weighted by Crippen LogP contribution is 2.27. The zero-order valence-electron chi connectivity index (χ0n) is 11.1. The van der Waals surface area contributed by atoms with Gasteiger partial charge >= 0.3 is 0 Å². The van der Waals surface area contributed by atoms with E-state index in [1.54, 1.807) is 11.8 Å². The van der Waals surface area contributed by atoms with Crippen molar-refractivity contribution in [3.8, 4) is 5.75 Å². The number of benzene rings is 2. The lowest BCUT2D eigenvalue weighted by Gasteiger charge is -2.05. The Morgan fingerprint density at radius 2 is 1.75 bits per heavy atom. The normalized spacial score (nSPS) is 14.0. The first-order chi connectivity index (χ1) is 9.81. The number of carbonyl (C=O) groups is 1. The standard InChI is InChI=1S/C17H16O2S/c18-17(12-20-16-4-2-1-3-5-16)13-6-8-14(9-7-13)19-15-10-11-15/h1-9,15H,10-12H2. The maximum absolute atomic E-state index is 12.1. The number of ether oxygens (including phenoxy) is 1. The van der Waals surface area contributed by atoms with Gasteiger partial charge in [0, 0.05) is 10.5 Å². The fourth-order valence-corrected chi connectivity index (χ4v) is 2.66. The molecule has 0 atom stereocenters. The van der Waals surface area contributed by atoms with Gasteiger partial charge in [-0.05, 0) is 49.2 Å². The van der Waals surface area contributed by atoms with Crippen LogP contribution in [0.5, 0.6) is 5.75 Å². The quantitative estimate of drug-likeness (QED) is 0.587. The third kappa shape index (κ3) is 3.64. The first-order valence-electron chi connectivity index (χ1n) is 6.79. The smallest absolute Gasteiger partial charge is 0.173 e. The Bertz CT molecular complexity index is 574. The fourth-order valence-electron chi connectivity index (χ4n) is 1.85. The number of thioether (sulfide) groups is 1. The van der Waals surface area contributed by atoms with Gasteiger partial charge in [0.15, 0.2) is 5.78 Å². The summed E-state index contributed by atoms with van der Waals surface area (Å²) < 4.78 is 5.67. The summed E-state index contributed by atoms with van der Waals surface area (Å²) in [6.07, 6.45) is 2.69. The predicted octanol–water partition coefficient (Wildman–Crippen LogP) is 4.20. The molecule has 2 aromatic carbocycles. The van der Waals surface area contributed by atoms with Crippen LogP contribution in [-0.4, -0.2) is 17.6 Å². The lowest BCUT2D eigenvalue weighted by Crippen LogP contribution is -2.02. The van der Waals surface area contributed by atoms with Gasteiger partial charge in [0.05, 0.1) is 11.9 Å². The van der Waals surface area contributed by atoms with E-state index in [1.165, 1.54) is 0 Å². The fraction of sp³-hybridized carbons (Fsp3) is 0.235. The Balaban J connectivity index is 1.56. The summed E-state index contributed by atoms with van der Waals surface area (Å²) in [5.74, 6) is 1.48. The Morgan fingerprint density at radius 1 is 1.05 bits per heavy atom. The van der Waals surface area contributed by atoms with E-state index in [0.717, 1.165) is 29.1 Å². The van der Waals surface area contributed by atoms with Gasteiger partial charge in [0.25, 0.3) is 0 Å². The topological polar surface area (TPSA) is 26.3 Å². The first-order valence-corrected chi connectivity index (χ1v) is 7.77. The number of rotatable bonds is 6. The summed E-state index contributed by atoms with van der Waals surface area (Å²) in [4.78, 5) is 13.2. The molecular formula is C17H16O2S. The minimum absolute atomic E-state index is 0.150. The monoisotopic (exact) mass is 284 g/mol. The van der Waals surface area contributed by atoms with E-state index in [0.29, 0.717) is 11.9 Å². The molecule has 2 aromatic rings. The highest BCUT2D eigenvalue weighted by Gasteiger charge is 2.23. The van der Waals surface area contributed by atoms with Crippen molar-refractivity contribution in [1.29, 1.82) is 0 Å². The molecule has 3 heteroatoms. The van der Waals surface area contributed by atoms with Gasteiger partial charge in [-0.2, -0.15) is 0 Å². The van der Waals surface area contributed by atoms with Crippen molar-refractivity contribution < 1.29 is 9.53 Å². The summed E-state index contributed by atoms with van der Waals surface area (Å²) in [6.45, 7) is 0. The zero-order valence-corrected chi connectivity index (χ0v) is 11.9. The van der Waals surface area contributed by atoms with Crippen molar-refractivity contribution in [3.05, 3.63) is 60.2 Å². The second kappa shape index (κ2) is 6.14. The molecular weight excluding hydrogens is 268 g/mol. The highest BCUT2D eigenvalue weighted by atomic mass is 32.2. The van der Waals surface area contributed by atoms with E-state index < -0.39 is 0 Å². The maximum Gasteiger partial charge on any atom is 0.173 e. The van der Waals surface area contributed by atoms with Crippen LogP contribution in [0.4, 0.5) is 0 Å². The lowest BCUT2D eigenvalue weighted by atomic mass is 10.1. The number of carbonyl (C=O) groups excluding carboxylic acids is 1. The van der Waals surface area contributed by atoms with E-state index in [1.807, 2.05) is 54.6 Å². The van der Waals surface area contributed by atoms with E-state index in [2.05, 4.69) is 0 Å². The molecule has 1 aliphatic carbocycles. The molecule has 2 nitrogen and oxygen atoms in total. The third-order valence-electron chi connectivity index (χ3n) is 3.12. The van der Waals surface area contributed by atoms with Gasteiger partial charge in [-0.15, -0.1) is 11.8 Å². The average molecular weight is 284 g/mol. The van der Waals surface area contributed by atoms with Gasteiger partial charge in [-0.25, -0.2) is 0 Å². The summed E-state index contributed by atoms with van der Waals surface area (Å²) in [5, 5.41) is 0. The Kier molecular flexibility index (Phi) is 4.07. The van der Waals surface area contributed by atoms with Crippen LogP contribution in [0.1, 0.15) is 23.2 Å². The van der Waals surface area contributed by atoms with E-state index in [9.17, 15) is 4.79 Å². The van der Waals surface area contributed by atoms with Crippen LogP contribution < -0.4 is 4.74 Å². The Morgan fingerprint density at radius 3 is 2.40 bits per heavy atom. The second-order valence-electron chi connectivity index (χ2n) is 4.87. The molecule has 0 unspecified atom stereocenters. The van der Waals surface area contributed by atoms with Crippen LogP contribution in [0.3, 0.4) is 0 Å². The highest BCUT2D eigenvalue weighted by molar-refractivity contribution is 8.00. The molecule has 1 fully saturated rings. The number of hydrogen-bond acceptors (Lipinski definition) is 3. The Hall–Kier alpha value is -1.74. The molecule has 1 aliphatic rings. The maximum atomic E-state index is 12.1. The molecule has 0 radical (unpaired) electrons. The van der Waals surface area contributed by atoms with E-state index >= 15 is 0 Å². The lowest BCUT2D eigenvalue weighted by molar-refractivity contribution is 0.102. The van der Waals surface area contributed by atoms with Crippen molar-refractivity contribution >= 4 is 17.5 Å². The SMILES string of the molecule is O=C(CSc1ccccc1)c1ccc(OC2CC2)cc1. The van der Waals surface area contributed by atoms with Crippen molar-refractivity contribution in [2.75, 3.05) is 5.75 Å². The van der Waals surface area contributed by atoms with Gasteiger partial charge < -0.3 is 4.74 Å². The molecule has 0 spiro atoms. The molecule has 0 bridgehead atoms. The third-order valence-corrected chi connectivity index (χ3v) is 4.13. The number of Topliss-reactive ketones (excluding diaryl/α,β-unsaturated/α-hetero) is 1. The summed E-state index contributed by atoms with van der Waals surface area (Å²) >= 11 is 1.57. The molecule has 20 heavy (non-hydrogen) atoms. The molecule has 0 heterocycles. The van der Waals surface area contributed by atoms with Crippen LogP contribution in [0.25, 0.3) is 0 Å². The van der Waals surface area contributed by atoms with Gasteiger partial charge in [-0.1, -0.05) is 18.2 Å². The van der Waals surface area contributed by atoms with Crippen LogP contribution in [0, 0.1) is 0 Å². The van der Waals surface area contributed by atoms with Crippen molar-refractivity contribution in [1.82, 2.24) is 0 Å². The van der Waals surface area contributed by atoms with E-state index in [4.69, 9.17) is 4.74 Å². The minimum atomic E-state index is 0.150. The Labute approximate surface area is 123 Å². The number of hydrogen-bond donors (Lipinski definition) is 0. The largest absolute Gasteiger partial charge is 0.490 e. The molecule has 102 valence electrons. The average Bonchev–Trinajstić information content (AvgIpc) is 3.31. The summed E-state index contributed by atoms with van der Waals surface area (Å²) in [5.41, 5.74) is 0.747. The molecule has 0 N–H and O–H groups in total. The molecule has 0 aromatic heterocycles. The van der Waals surface area contributed by atoms with Crippen molar-refractivity contribution in [2.24, 2.45) is 0 Å². The number of ketones is 1. The van der Waals surface area contributed by atoms with Crippen LogP contribution >= 0.6 is 11.8 Å². The van der Waals surface area contributed by atoms with Crippen LogP contribution in [0.15, 0.2) is 59.5 Å². The van der Waals surface area contributed by atoms with Gasteiger partial charge in [0.1, 0.15) is 5.75 Å². The van der Waals surface area contributed by atoms with Crippen molar-refractivity contribution in [2.45, 2.75) is 23.8 Å². The summed E-state index contributed by atoms with van der Waals surface area (Å²) in [6, 6.07) is 17.5. The van der Waals surface area contributed by atoms with Gasteiger partial charge in [-0.3, -0.25) is 4.79 Å². The second-order valence-corrected chi connectivity index (χ2v) is 5.92. The van der Waals surface area contributed by atoms with Crippen LogP contribution in [0.2, 0.25) is 0 Å². The predicted molar refractivity (Wildman–Crippen MR) is 81.6 cm³/mol. The van der Waals surface area contributed by atoms with E-state index in [-0.39, 0.29) is 5.78 Å². The van der Waals surface area contributed by atoms with Crippen molar-refractivity contribution in [3.63, 3.8) is 0 Å². The first kappa shape index (κ1) is 13.3. The summed E-state index contributed by atoms with van der Waals surface area (Å²) in [7, 11) is 0. The molecule has 0 amide bonds.